The van der Waals surface area contributed by atoms with Crippen LogP contribution in [0.3, 0.4) is 0 Å². The van der Waals surface area contributed by atoms with E-state index >= 15 is 0 Å². The maximum absolute atomic E-state index is 5.75. The molecule has 3 heteroatoms. The van der Waals surface area contributed by atoms with Crippen molar-refractivity contribution in [1.29, 1.82) is 0 Å². The first-order chi connectivity index (χ1) is 6.36. The third-order valence-corrected chi connectivity index (χ3v) is 1.88. The Balaban J connectivity index is 2.42. The Labute approximate surface area is 81.2 Å². The summed E-state index contributed by atoms with van der Waals surface area (Å²) in [6, 6.07) is 10.2. The van der Waals surface area contributed by atoms with Crippen LogP contribution in [0.1, 0.15) is 0 Å². The Kier molecular flexibility index (Phi) is 2.23. The van der Waals surface area contributed by atoms with Gasteiger partial charge in [-0.2, -0.15) is 0 Å². The summed E-state index contributed by atoms with van der Waals surface area (Å²) >= 11 is 5.75. The van der Waals surface area contributed by atoms with Crippen LogP contribution in [-0.4, -0.2) is 9.97 Å². The Morgan fingerprint density at radius 2 is 1.62 bits per heavy atom. The van der Waals surface area contributed by atoms with Crippen LogP contribution in [-0.2, 0) is 0 Å². The summed E-state index contributed by atoms with van der Waals surface area (Å²) in [5, 5.41) is 0.714. The third kappa shape index (κ3) is 1.84. The second kappa shape index (κ2) is 3.54. The van der Waals surface area contributed by atoms with E-state index in [1.54, 1.807) is 12.4 Å². The standard InChI is InChI=1S/C10H6ClN2/c11-9-4-2-8(3-5-9)10-12-6-1-7-13-10/h2-7H. The van der Waals surface area contributed by atoms with Crippen molar-refractivity contribution in [2.75, 3.05) is 0 Å². The summed E-state index contributed by atoms with van der Waals surface area (Å²) in [6.45, 7) is 0. The number of nitrogens with zero attached hydrogens (tertiary/aromatic N) is 2. The summed E-state index contributed by atoms with van der Waals surface area (Å²) in [5.74, 6) is 0.690. The van der Waals surface area contributed by atoms with Crippen molar-refractivity contribution in [3.8, 4) is 11.4 Å². The van der Waals surface area contributed by atoms with Crippen LogP contribution in [0.25, 0.3) is 11.4 Å². The third-order valence-electron chi connectivity index (χ3n) is 1.63. The Morgan fingerprint density at radius 3 is 2.23 bits per heavy atom. The Bertz CT molecular complexity index is 383. The Hall–Kier alpha value is -1.41. The van der Waals surface area contributed by atoms with Crippen molar-refractivity contribution in [3.05, 3.63) is 47.7 Å². The van der Waals surface area contributed by atoms with Gasteiger partial charge < -0.3 is 0 Å². The zero-order valence-electron chi connectivity index (χ0n) is 6.74. The first-order valence-electron chi connectivity index (χ1n) is 3.80. The molecule has 0 amide bonds. The molecule has 0 aliphatic rings. The molecule has 2 aromatic rings. The number of halogens is 1. The minimum atomic E-state index is 0.690. The monoisotopic (exact) mass is 189 g/mol. The topological polar surface area (TPSA) is 25.8 Å². The molecule has 0 aliphatic carbocycles. The van der Waals surface area contributed by atoms with E-state index in [9.17, 15) is 0 Å². The van der Waals surface area contributed by atoms with E-state index < -0.39 is 0 Å². The van der Waals surface area contributed by atoms with E-state index in [2.05, 4.69) is 16.0 Å². The van der Waals surface area contributed by atoms with Gasteiger partial charge in [-0.1, -0.05) is 11.6 Å². The molecule has 0 fully saturated rings. The van der Waals surface area contributed by atoms with Crippen molar-refractivity contribution in [2.45, 2.75) is 0 Å². The molecule has 2 rings (SSSR count). The molecule has 0 unspecified atom stereocenters. The first kappa shape index (κ1) is 8.20. The lowest BCUT2D eigenvalue weighted by Crippen LogP contribution is -1.85. The van der Waals surface area contributed by atoms with Gasteiger partial charge in [0.15, 0.2) is 5.82 Å². The molecule has 0 bridgehead atoms. The zero-order chi connectivity index (χ0) is 9.10. The highest BCUT2D eigenvalue weighted by Gasteiger charge is 1.97. The predicted molar refractivity (Wildman–Crippen MR) is 51.3 cm³/mol. The van der Waals surface area contributed by atoms with Gasteiger partial charge in [-0.15, -0.1) is 0 Å². The lowest BCUT2D eigenvalue weighted by Gasteiger charge is -1.97. The van der Waals surface area contributed by atoms with Gasteiger partial charge in [0, 0.05) is 29.0 Å². The van der Waals surface area contributed by atoms with Crippen molar-refractivity contribution >= 4 is 11.6 Å². The normalized spacial score (nSPS) is 9.92. The highest BCUT2D eigenvalue weighted by Crippen LogP contribution is 2.16. The fourth-order valence-corrected chi connectivity index (χ4v) is 1.14. The lowest BCUT2D eigenvalue weighted by atomic mass is 10.2. The second-order valence-corrected chi connectivity index (χ2v) is 2.95. The van der Waals surface area contributed by atoms with Crippen molar-refractivity contribution in [1.82, 2.24) is 9.97 Å². The van der Waals surface area contributed by atoms with Gasteiger partial charge in [0.05, 0.1) is 0 Å². The molecule has 0 aliphatic heterocycles. The summed E-state index contributed by atoms with van der Waals surface area (Å²) < 4.78 is 0. The van der Waals surface area contributed by atoms with Crippen LogP contribution >= 0.6 is 11.6 Å². The summed E-state index contributed by atoms with van der Waals surface area (Å²) in [5.41, 5.74) is 0.957. The smallest absolute Gasteiger partial charge is 0.159 e. The van der Waals surface area contributed by atoms with Gasteiger partial charge in [-0.3, -0.25) is 0 Å². The average molecular weight is 190 g/mol. The van der Waals surface area contributed by atoms with Crippen LogP contribution < -0.4 is 0 Å². The van der Waals surface area contributed by atoms with E-state index in [1.165, 1.54) is 0 Å². The quantitative estimate of drug-likeness (QED) is 0.689. The molecule has 1 aromatic heterocycles. The van der Waals surface area contributed by atoms with E-state index in [0.717, 1.165) is 5.56 Å². The number of aromatic nitrogens is 2. The van der Waals surface area contributed by atoms with Crippen LogP contribution in [0.15, 0.2) is 36.7 Å². The Morgan fingerprint density at radius 1 is 1.00 bits per heavy atom. The van der Waals surface area contributed by atoms with Crippen LogP contribution in [0.4, 0.5) is 0 Å². The van der Waals surface area contributed by atoms with Gasteiger partial charge in [0.2, 0.25) is 0 Å². The molecule has 0 spiro atoms. The average Bonchev–Trinajstić information content (AvgIpc) is 2.20. The minimum Gasteiger partial charge on any atom is -0.236 e. The molecule has 0 saturated heterocycles. The summed E-state index contributed by atoms with van der Waals surface area (Å²) in [4.78, 5) is 8.14. The number of benzene rings is 1. The molecule has 1 heterocycles. The zero-order valence-corrected chi connectivity index (χ0v) is 7.49. The van der Waals surface area contributed by atoms with E-state index in [4.69, 9.17) is 11.6 Å². The molecule has 1 radical (unpaired) electrons. The van der Waals surface area contributed by atoms with Crippen molar-refractivity contribution in [3.63, 3.8) is 0 Å². The maximum Gasteiger partial charge on any atom is 0.159 e. The van der Waals surface area contributed by atoms with Gasteiger partial charge in [-0.05, 0) is 24.3 Å². The largest absolute Gasteiger partial charge is 0.236 e. The SMILES string of the molecule is Clc1ccc(-c2nc[c]cn2)cc1. The maximum atomic E-state index is 5.75. The molecule has 2 nitrogen and oxygen atoms in total. The highest BCUT2D eigenvalue weighted by molar-refractivity contribution is 6.30. The molecular formula is C10H6ClN2. The molecule has 0 saturated carbocycles. The van der Waals surface area contributed by atoms with Crippen LogP contribution in [0.5, 0.6) is 0 Å². The molecule has 63 valence electrons. The summed E-state index contributed by atoms with van der Waals surface area (Å²) in [7, 11) is 0. The lowest BCUT2D eigenvalue weighted by molar-refractivity contribution is 1.17. The summed E-state index contributed by atoms with van der Waals surface area (Å²) in [6.07, 6.45) is 3.19. The van der Waals surface area contributed by atoms with Crippen molar-refractivity contribution in [2.24, 2.45) is 0 Å². The second-order valence-electron chi connectivity index (χ2n) is 2.51. The molecular weight excluding hydrogens is 184 g/mol. The van der Waals surface area contributed by atoms with Gasteiger partial charge in [0.1, 0.15) is 0 Å². The van der Waals surface area contributed by atoms with E-state index in [-0.39, 0.29) is 0 Å². The number of hydrogen-bond donors (Lipinski definition) is 0. The number of hydrogen-bond acceptors (Lipinski definition) is 2. The van der Waals surface area contributed by atoms with Crippen LogP contribution in [0.2, 0.25) is 5.02 Å². The fourth-order valence-electron chi connectivity index (χ4n) is 1.01. The van der Waals surface area contributed by atoms with Crippen molar-refractivity contribution < 1.29 is 0 Å². The van der Waals surface area contributed by atoms with Gasteiger partial charge in [0.25, 0.3) is 0 Å². The molecule has 0 N–H and O–H groups in total. The van der Waals surface area contributed by atoms with Gasteiger partial charge >= 0.3 is 0 Å². The van der Waals surface area contributed by atoms with E-state index in [0.29, 0.717) is 10.8 Å². The molecule has 13 heavy (non-hydrogen) atoms. The van der Waals surface area contributed by atoms with Crippen LogP contribution in [0, 0.1) is 6.07 Å². The first-order valence-corrected chi connectivity index (χ1v) is 4.18. The number of rotatable bonds is 1. The predicted octanol–water partition coefficient (Wildman–Crippen LogP) is 2.60. The highest BCUT2D eigenvalue weighted by atomic mass is 35.5. The van der Waals surface area contributed by atoms with Gasteiger partial charge in [-0.25, -0.2) is 9.97 Å². The van der Waals surface area contributed by atoms with E-state index in [1.807, 2.05) is 24.3 Å². The molecule has 0 atom stereocenters. The molecule has 1 aromatic carbocycles. The fraction of sp³-hybridized carbons (Fsp3) is 0. The minimum absolute atomic E-state index is 0.690.